The highest BCUT2D eigenvalue weighted by Gasteiger charge is 2.40. The molecule has 3 heterocycles. The van der Waals surface area contributed by atoms with E-state index in [0.29, 0.717) is 31.7 Å². The van der Waals surface area contributed by atoms with Crippen LogP contribution in [0.3, 0.4) is 0 Å². The van der Waals surface area contributed by atoms with Crippen LogP contribution in [0, 0.1) is 11.3 Å². The summed E-state index contributed by atoms with van der Waals surface area (Å²) in [5.41, 5.74) is -0.0273. The number of amides is 4. The number of carbonyl (C=O) groups is 4. The lowest BCUT2D eigenvalue weighted by Gasteiger charge is -2.41. The summed E-state index contributed by atoms with van der Waals surface area (Å²) in [5.74, 6) is 0.114. The fourth-order valence-electron chi connectivity index (χ4n) is 6.56. The van der Waals surface area contributed by atoms with Crippen molar-refractivity contribution in [2.75, 3.05) is 33.3 Å². The van der Waals surface area contributed by atoms with Crippen molar-refractivity contribution >= 4 is 23.6 Å². The van der Waals surface area contributed by atoms with Gasteiger partial charge in [-0.05, 0) is 70.4 Å². The Balaban J connectivity index is 1.74. The van der Waals surface area contributed by atoms with Crippen LogP contribution in [-0.4, -0.2) is 102 Å². The van der Waals surface area contributed by atoms with Gasteiger partial charge in [0.25, 0.3) is 0 Å². The van der Waals surface area contributed by atoms with Crippen molar-refractivity contribution in [3.8, 4) is 0 Å². The second kappa shape index (κ2) is 15.4. The molecular weight excluding hydrogens is 558 g/mol. The van der Waals surface area contributed by atoms with Gasteiger partial charge in [-0.1, -0.05) is 47.1 Å². The van der Waals surface area contributed by atoms with E-state index < -0.39 is 17.5 Å². The molecular formula is C34H57N5O5. The van der Waals surface area contributed by atoms with Crippen molar-refractivity contribution in [2.24, 2.45) is 11.3 Å². The summed E-state index contributed by atoms with van der Waals surface area (Å²) >= 11 is 0. The maximum atomic E-state index is 14.1. The fraction of sp³-hybridized carbons (Fsp3) is 0.765. The molecule has 0 spiro atoms. The standard InChI is InChI=1S/C34H57N5O5/c1-22(2)28(20-24(5)32(42)39-18-12-16-26(39)30(40)35-21-25-14-13-19-44-25)37(9)33(43)29(34(6,7)8)36-31(41)27-15-10-11-17-38(27)23(3)4/h14,20,22-23,26-29H,10-13,15-19,21H2,1-9H3,(H,35,40)(H,36,41)/b24-20+/t26?,27-,28-,29?/m1/s1. The number of ether oxygens (including phenoxy) is 1. The van der Waals surface area contributed by atoms with Crippen molar-refractivity contribution in [1.82, 2.24) is 25.3 Å². The first-order valence-corrected chi connectivity index (χ1v) is 16.5. The molecule has 10 heteroatoms. The van der Waals surface area contributed by atoms with Gasteiger partial charge in [0.2, 0.25) is 23.6 Å². The molecule has 0 saturated carbocycles. The summed E-state index contributed by atoms with van der Waals surface area (Å²) in [6.45, 7) is 18.3. The van der Waals surface area contributed by atoms with Crippen molar-refractivity contribution in [1.29, 1.82) is 0 Å². The molecule has 2 unspecified atom stereocenters. The Labute approximate surface area is 265 Å². The van der Waals surface area contributed by atoms with E-state index in [-0.39, 0.29) is 47.7 Å². The first-order chi connectivity index (χ1) is 20.6. The topological polar surface area (TPSA) is 111 Å². The molecule has 0 aliphatic carbocycles. The van der Waals surface area contributed by atoms with Crippen molar-refractivity contribution < 1.29 is 23.9 Å². The minimum atomic E-state index is -0.729. The molecule has 0 aromatic rings. The SMILES string of the molecule is C/C(=C\[C@H](C(C)C)N(C)C(=O)C(NC(=O)[C@H]1CCCCN1C(C)C)C(C)(C)C)C(=O)N1CCCC1C(=O)NCC1=CCCO1. The van der Waals surface area contributed by atoms with Gasteiger partial charge in [0.15, 0.2) is 0 Å². The van der Waals surface area contributed by atoms with Gasteiger partial charge in [0.1, 0.15) is 17.8 Å². The summed E-state index contributed by atoms with van der Waals surface area (Å²) in [4.78, 5) is 59.9. The van der Waals surface area contributed by atoms with E-state index in [1.54, 1.807) is 23.8 Å². The number of likely N-dealkylation sites (N-methyl/N-ethyl adjacent to an activating group) is 1. The zero-order valence-electron chi connectivity index (χ0n) is 28.6. The lowest BCUT2D eigenvalue weighted by Crippen LogP contribution is -2.60. The second-order valence-electron chi connectivity index (χ2n) is 14.4. The predicted octanol–water partition coefficient (Wildman–Crippen LogP) is 3.62. The van der Waals surface area contributed by atoms with Gasteiger partial charge in [-0.3, -0.25) is 24.1 Å². The van der Waals surface area contributed by atoms with E-state index in [9.17, 15) is 19.2 Å². The number of hydrogen-bond acceptors (Lipinski definition) is 6. The van der Waals surface area contributed by atoms with Gasteiger partial charge in [0, 0.05) is 31.6 Å². The number of rotatable bonds is 11. The van der Waals surface area contributed by atoms with Crippen LogP contribution in [0.25, 0.3) is 0 Å². The number of nitrogens with zero attached hydrogens (tertiary/aromatic N) is 3. The summed E-state index contributed by atoms with van der Waals surface area (Å²) < 4.78 is 5.49. The zero-order valence-corrected chi connectivity index (χ0v) is 28.6. The van der Waals surface area contributed by atoms with Gasteiger partial charge in [-0.2, -0.15) is 0 Å². The van der Waals surface area contributed by atoms with Gasteiger partial charge in [-0.25, -0.2) is 0 Å². The third-order valence-electron chi connectivity index (χ3n) is 9.18. The molecule has 3 aliphatic heterocycles. The molecule has 0 radical (unpaired) electrons. The van der Waals surface area contributed by atoms with Gasteiger partial charge in [-0.15, -0.1) is 0 Å². The van der Waals surface area contributed by atoms with Crippen LogP contribution in [0.2, 0.25) is 0 Å². The first kappa shape index (κ1) is 35.6. The van der Waals surface area contributed by atoms with Crippen LogP contribution < -0.4 is 10.6 Å². The molecule has 2 N–H and O–H groups in total. The van der Waals surface area contributed by atoms with Crippen LogP contribution in [0.1, 0.15) is 93.9 Å². The average Bonchev–Trinajstić information content (AvgIpc) is 3.68. The molecule has 0 bridgehead atoms. The smallest absolute Gasteiger partial charge is 0.249 e. The van der Waals surface area contributed by atoms with Crippen molar-refractivity contribution in [3.05, 3.63) is 23.5 Å². The van der Waals surface area contributed by atoms with Crippen LogP contribution in [0.5, 0.6) is 0 Å². The highest BCUT2D eigenvalue weighted by atomic mass is 16.5. The Hall–Kier alpha value is -2.88. The molecule has 3 rings (SSSR count). The fourth-order valence-corrected chi connectivity index (χ4v) is 6.56. The van der Waals surface area contributed by atoms with Crippen LogP contribution in [-0.2, 0) is 23.9 Å². The number of carbonyl (C=O) groups excluding carboxylic acids is 4. The molecule has 3 aliphatic rings. The number of likely N-dealkylation sites (tertiary alicyclic amines) is 2. The van der Waals surface area contributed by atoms with E-state index >= 15 is 0 Å². The highest BCUT2D eigenvalue weighted by molar-refractivity contribution is 5.97. The van der Waals surface area contributed by atoms with Gasteiger partial charge >= 0.3 is 0 Å². The minimum Gasteiger partial charge on any atom is -0.496 e. The Bertz CT molecular complexity index is 1110. The van der Waals surface area contributed by atoms with Crippen LogP contribution >= 0.6 is 0 Å². The van der Waals surface area contributed by atoms with Gasteiger partial charge < -0.3 is 25.2 Å². The third kappa shape index (κ3) is 8.86. The lowest BCUT2D eigenvalue weighted by molar-refractivity contribution is -0.142. The molecule has 0 aromatic carbocycles. The van der Waals surface area contributed by atoms with E-state index in [0.717, 1.165) is 44.4 Å². The van der Waals surface area contributed by atoms with E-state index in [2.05, 4.69) is 29.4 Å². The molecule has 10 nitrogen and oxygen atoms in total. The summed E-state index contributed by atoms with van der Waals surface area (Å²) in [6, 6.07) is -1.65. The van der Waals surface area contributed by atoms with E-state index in [1.807, 2.05) is 46.8 Å². The third-order valence-corrected chi connectivity index (χ3v) is 9.18. The Morgan fingerprint density at radius 2 is 1.70 bits per heavy atom. The highest BCUT2D eigenvalue weighted by Crippen LogP contribution is 2.27. The van der Waals surface area contributed by atoms with E-state index in [1.165, 1.54) is 0 Å². The molecule has 2 fully saturated rings. The van der Waals surface area contributed by atoms with Crippen LogP contribution in [0.15, 0.2) is 23.5 Å². The van der Waals surface area contributed by atoms with Crippen molar-refractivity contribution in [3.63, 3.8) is 0 Å². The maximum Gasteiger partial charge on any atom is 0.249 e. The van der Waals surface area contributed by atoms with E-state index in [4.69, 9.17) is 4.74 Å². The number of nitrogens with one attached hydrogen (secondary N) is 2. The Morgan fingerprint density at radius 1 is 1.02 bits per heavy atom. The monoisotopic (exact) mass is 615 g/mol. The minimum absolute atomic E-state index is 0.00940. The molecule has 4 amide bonds. The number of hydrogen-bond donors (Lipinski definition) is 2. The molecule has 0 aromatic heterocycles. The maximum absolute atomic E-state index is 14.1. The summed E-state index contributed by atoms with van der Waals surface area (Å²) in [6.07, 6.45) is 8.88. The summed E-state index contributed by atoms with van der Waals surface area (Å²) in [7, 11) is 1.75. The van der Waals surface area contributed by atoms with Gasteiger partial charge in [0.05, 0.1) is 25.2 Å². The largest absolute Gasteiger partial charge is 0.496 e. The lowest BCUT2D eigenvalue weighted by atomic mass is 9.84. The first-order valence-electron chi connectivity index (χ1n) is 16.5. The molecule has 4 atom stereocenters. The second-order valence-corrected chi connectivity index (χ2v) is 14.4. The molecule has 44 heavy (non-hydrogen) atoms. The zero-order chi connectivity index (χ0) is 32.8. The Kier molecular flexibility index (Phi) is 12.5. The van der Waals surface area contributed by atoms with Crippen molar-refractivity contribution in [2.45, 2.75) is 124 Å². The summed E-state index contributed by atoms with van der Waals surface area (Å²) in [5, 5.41) is 6.05. The molecule has 248 valence electrons. The Morgan fingerprint density at radius 3 is 2.30 bits per heavy atom. The average molecular weight is 616 g/mol. The molecule has 2 saturated heterocycles. The predicted molar refractivity (Wildman–Crippen MR) is 172 cm³/mol. The van der Waals surface area contributed by atoms with Crippen LogP contribution in [0.4, 0.5) is 0 Å². The number of piperidine rings is 1. The normalized spacial score (nSPS) is 22.8. The quantitative estimate of drug-likeness (QED) is 0.344.